The fourth-order valence-corrected chi connectivity index (χ4v) is 3.46. The fourth-order valence-electron chi connectivity index (χ4n) is 3.46. The number of anilines is 2. The van der Waals surface area contributed by atoms with Gasteiger partial charge in [-0.2, -0.15) is 0 Å². The van der Waals surface area contributed by atoms with Gasteiger partial charge in [-0.1, -0.05) is 13.0 Å². The minimum Gasteiger partial charge on any atom is -0.350 e. The molecule has 0 unspecified atom stereocenters. The lowest BCUT2D eigenvalue weighted by Gasteiger charge is -2.40. The number of nitrogens with one attached hydrogen (secondary N) is 2. The van der Waals surface area contributed by atoms with Gasteiger partial charge in [-0.25, -0.2) is 13.2 Å². The highest BCUT2D eigenvalue weighted by Gasteiger charge is 2.34. The summed E-state index contributed by atoms with van der Waals surface area (Å²) in [6.07, 6.45) is 3.16. The number of hydrogen-bond acceptors (Lipinski definition) is 3. The third-order valence-corrected chi connectivity index (χ3v) is 5.59. The van der Waals surface area contributed by atoms with Gasteiger partial charge in [0.1, 0.15) is 5.82 Å². The molecule has 1 saturated carbocycles. The predicted octanol–water partition coefficient (Wildman–Crippen LogP) is 4.23. The molecule has 2 N–H and O–H groups in total. The third-order valence-electron chi connectivity index (χ3n) is 5.59. The summed E-state index contributed by atoms with van der Waals surface area (Å²) in [6, 6.07) is 6.90. The van der Waals surface area contributed by atoms with Crippen molar-refractivity contribution in [2.45, 2.75) is 32.2 Å². The van der Waals surface area contributed by atoms with Crippen molar-refractivity contribution in [1.82, 2.24) is 10.2 Å². The highest BCUT2D eigenvalue weighted by Crippen LogP contribution is 2.31. The Bertz CT molecular complexity index is 924. The molecule has 0 atom stereocenters. The van der Waals surface area contributed by atoms with E-state index in [4.69, 9.17) is 0 Å². The van der Waals surface area contributed by atoms with E-state index in [0.717, 1.165) is 24.1 Å². The Morgan fingerprint density at radius 3 is 2.52 bits per heavy atom. The number of benzene rings is 2. The molecule has 4 rings (SSSR count). The molecule has 7 heteroatoms. The summed E-state index contributed by atoms with van der Waals surface area (Å²) in [4.78, 5) is 14.4. The van der Waals surface area contributed by atoms with E-state index < -0.39 is 23.4 Å². The molecule has 2 aromatic rings. The van der Waals surface area contributed by atoms with Crippen molar-refractivity contribution in [3.63, 3.8) is 0 Å². The first kappa shape index (κ1) is 19.8. The highest BCUT2D eigenvalue weighted by atomic mass is 19.2. The van der Waals surface area contributed by atoms with Crippen LogP contribution in [0.1, 0.15) is 35.7 Å². The SMILES string of the molecule is CCc1ccc(Nc2c(C(=O)N3CC(NCC4CC4)C3)ccc(F)c2F)c(F)c1. The molecular weight excluding hydrogens is 379 g/mol. The number of aryl methyl sites for hydroxylation is 1. The Labute approximate surface area is 168 Å². The number of nitrogens with zero attached hydrogens (tertiary/aromatic N) is 1. The smallest absolute Gasteiger partial charge is 0.256 e. The van der Waals surface area contributed by atoms with E-state index in [-0.39, 0.29) is 23.0 Å². The Morgan fingerprint density at radius 2 is 1.86 bits per heavy atom. The van der Waals surface area contributed by atoms with Crippen LogP contribution < -0.4 is 10.6 Å². The maximum atomic E-state index is 14.5. The van der Waals surface area contributed by atoms with Gasteiger partial charge in [0.15, 0.2) is 11.6 Å². The molecule has 29 heavy (non-hydrogen) atoms. The molecule has 2 aliphatic rings. The van der Waals surface area contributed by atoms with Crippen molar-refractivity contribution >= 4 is 17.3 Å². The van der Waals surface area contributed by atoms with E-state index in [2.05, 4.69) is 10.6 Å². The summed E-state index contributed by atoms with van der Waals surface area (Å²) in [5.41, 5.74) is 0.429. The van der Waals surface area contributed by atoms with Gasteiger partial charge in [-0.3, -0.25) is 4.79 Å². The van der Waals surface area contributed by atoms with E-state index in [9.17, 15) is 18.0 Å². The Hall–Kier alpha value is -2.54. The third kappa shape index (κ3) is 4.24. The van der Waals surface area contributed by atoms with E-state index in [1.807, 2.05) is 6.92 Å². The normalized spacial score (nSPS) is 16.6. The molecule has 2 aromatic carbocycles. The Kier molecular flexibility index (Phi) is 5.50. The van der Waals surface area contributed by atoms with Gasteiger partial charge in [-0.05, 0) is 61.6 Å². The van der Waals surface area contributed by atoms with Crippen molar-refractivity contribution in [2.24, 2.45) is 5.92 Å². The molecule has 0 spiro atoms. The predicted molar refractivity (Wildman–Crippen MR) is 106 cm³/mol. The number of carbonyl (C=O) groups is 1. The highest BCUT2D eigenvalue weighted by molar-refractivity contribution is 6.01. The first-order chi connectivity index (χ1) is 14.0. The lowest BCUT2D eigenvalue weighted by Crippen LogP contribution is -2.60. The average molecular weight is 403 g/mol. The van der Waals surface area contributed by atoms with Gasteiger partial charge < -0.3 is 15.5 Å². The zero-order valence-corrected chi connectivity index (χ0v) is 16.3. The van der Waals surface area contributed by atoms with Crippen LogP contribution >= 0.6 is 0 Å². The van der Waals surface area contributed by atoms with Crippen molar-refractivity contribution in [1.29, 1.82) is 0 Å². The summed E-state index contributed by atoms with van der Waals surface area (Å²) in [7, 11) is 0. The van der Waals surface area contributed by atoms with Crippen molar-refractivity contribution < 1.29 is 18.0 Å². The van der Waals surface area contributed by atoms with Crippen LogP contribution in [-0.4, -0.2) is 36.5 Å². The minimum atomic E-state index is -1.20. The van der Waals surface area contributed by atoms with Gasteiger partial charge in [0, 0.05) is 19.1 Å². The Balaban J connectivity index is 1.51. The molecule has 2 fully saturated rings. The van der Waals surface area contributed by atoms with Gasteiger partial charge in [0.2, 0.25) is 0 Å². The largest absolute Gasteiger partial charge is 0.350 e. The first-order valence-corrected chi connectivity index (χ1v) is 10.0. The maximum Gasteiger partial charge on any atom is 0.256 e. The zero-order chi connectivity index (χ0) is 20.5. The van der Waals surface area contributed by atoms with Crippen LogP contribution in [0.25, 0.3) is 0 Å². The molecule has 1 aliphatic carbocycles. The topological polar surface area (TPSA) is 44.4 Å². The molecule has 0 aromatic heterocycles. The molecule has 1 heterocycles. The molecule has 4 nitrogen and oxygen atoms in total. The second-order valence-corrected chi connectivity index (χ2v) is 7.84. The quantitative estimate of drug-likeness (QED) is 0.727. The number of hydrogen-bond donors (Lipinski definition) is 2. The van der Waals surface area contributed by atoms with Crippen LogP contribution in [0.4, 0.5) is 24.5 Å². The molecular formula is C22H24F3N3O. The Morgan fingerprint density at radius 1 is 1.10 bits per heavy atom. The molecule has 154 valence electrons. The summed E-state index contributed by atoms with van der Waals surface area (Å²) in [5, 5.41) is 6.01. The second-order valence-electron chi connectivity index (χ2n) is 7.84. The fraction of sp³-hybridized carbons (Fsp3) is 0.409. The van der Waals surface area contributed by atoms with E-state index in [0.29, 0.717) is 19.5 Å². The number of rotatable bonds is 7. The molecule has 0 bridgehead atoms. The monoisotopic (exact) mass is 403 g/mol. The van der Waals surface area contributed by atoms with E-state index in [1.54, 1.807) is 11.0 Å². The molecule has 1 saturated heterocycles. The minimum absolute atomic E-state index is 0.00617. The van der Waals surface area contributed by atoms with Crippen molar-refractivity contribution in [3.05, 3.63) is 58.9 Å². The van der Waals surface area contributed by atoms with Crippen LogP contribution in [0.3, 0.4) is 0 Å². The lowest BCUT2D eigenvalue weighted by molar-refractivity contribution is 0.0567. The van der Waals surface area contributed by atoms with Crippen molar-refractivity contribution in [3.8, 4) is 0 Å². The van der Waals surface area contributed by atoms with E-state index in [1.165, 1.54) is 31.0 Å². The summed E-state index contributed by atoms with van der Waals surface area (Å²) >= 11 is 0. The standard InChI is InChI=1S/C22H24F3N3O/c1-2-13-5-8-19(18(24)9-13)27-21-16(6-7-17(23)20(21)25)22(29)28-11-15(12-28)26-10-14-3-4-14/h5-9,14-15,26-27H,2-4,10-12H2,1H3. The van der Waals surface area contributed by atoms with Gasteiger partial charge in [0.25, 0.3) is 5.91 Å². The van der Waals surface area contributed by atoms with Crippen LogP contribution in [0, 0.1) is 23.4 Å². The van der Waals surface area contributed by atoms with E-state index >= 15 is 0 Å². The van der Waals surface area contributed by atoms with Crippen LogP contribution in [0.2, 0.25) is 0 Å². The average Bonchev–Trinajstić information content (AvgIpc) is 3.49. The lowest BCUT2D eigenvalue weighted by atomic mass is 10.0. The van der Waals surface area contributed by atoms with Gasteiger partial charge >= 0.3 is 0 Å². The summed E-state index contributed by atoms with van der Waals surface area (Å²) in [5.74, 6) is -2.53. The van der Waals surface area contributed by atoms with Crippen molar-refractivity contribution in [2.75, 3.05) is 25.0 Å². The van der Waals surface area contributed by atoms with Crippen LogP contribution in [-0.2, 0) is 6.42 Å². The summed E-state index contributed by atoms with van der Waals surface area (Å²) < 4.78 is 42.7. The first-order valence-electron chi connectivity index (χ1n) is 10.0. The number of halogens is 3. The molecule has 1 aliphatic heterocycles. The van der Waals surface area contributed by atoms with Gasteiger partial charge in [0.05, 0.1) is 16.9 Å². The number of likely N-dealkylation sites (tertiary alicyclic amines) is 1. The zero-order valence-electron chi connectivity index (χ0n) is 16.3. The summed E-state index contributed by atoms with van der Waals surface area (Å²) in [6.45, 7) is 3.88. The van der Waals surface area contributed by atoms with Gasteiger partial charge in [-0.15, -0.1) is 0 Å². The van der Waals surface area contributed by atoms with Crippen LogP contribution in [0.15, 0.2) is 30.3 Å². The maximum absolute atomic E-state index is 14.5. The molecule has 1 amide bonds. The number of amides is 1. The van der Waals surface area contributed by atoms with Crippen LogP contribution in [0.5, 0.6) is 0 Å². The molecule has 0 radical (unpaired) electrons. The second kappa shape index (κ2) is 8.06. The number of carbonyl (C=O) groups excluding carboxylic acids is 1.